The van der Waals surface area contributed by atoms with Crippen molar-refractivity contribution < 1.29 is 111 Å². The van der Waals surface area contributed by atoms with Gasteiger partial charge in [0.25, 0.3) is 0 Å². The number of hydrogen-bond donors (Lipinski definition) is 0. The van der Waals surface area contributed by atoms with Gasteiger partial charge in [0.1, 0.15) is 47.4 Å². The molecule has 42 heavy (non-hydrogen) atoms. The van der Waals surface area contributed by atoms with Crippen LogP contribution in [0.25, 0.3) is 0 Å². The summed E-state index contributed by atoms with van der Waals surface area (Å²) in [5, 5.41) is 0. The van der Waals surface area contributed by atoms with E-state index in [4.69, 9.17) is 86.1 Å². The minimum atomic E-state index is -5.64. The van der Waals surface area contributed by atoms with E-state index in [0.29, 0.717) is 0 Å². The van der Waals surface area contributed by atoms with Crippen LogP contribution in [0.2, 0.25) is 0 Å². The Balaban J connectivity index is -0.00000000973. The van der Waals surface area contributed by atoms with Crippen molar-refractivity contribution in [1.82, 2.24) is 0 Å². The molecule has 0 saturated carbocycles. The van der Waals surface area contributed by atoms with E-state index in [1.54, 1.807) is 0 Å². The van der Waals surface area contributed by atoms with Crippen LogP contribution in [-0.4, -0.2) is 328 Å². The minimum absolute atomic E-state index is 0. The zero-order chi connectivity index (χ0) is 27.0. The Morgan fingerprint density at radius 2 is 0.214 bits per heavy atom. The summed E-state index contributed by atoms with van der Waals surface area (Å²) in [5.74, 6) is 0. The second kappa shape index (κ2) is 61.8. The summed E-state index contributed by atoms with van der Waals surface area (Å²) in [6.45, 7) is 0. The van der Waals surface area contributed by atoms with Crippen LogP contribution >= 0.6 is 47.4 Å². The first-order valence-corrected chi connectivity index (χ1v) is 12.9. The Kier molecular flexibility index (Phi) is 172. The van der Waals surface area contributed by atoms with Gasteiger partial charge in [-0.05, 0) is 0 Å². The van der Waals surface area contributed by atoms with E-state index < -0.39 is 47.4 Å². The van der Waals surface area contributed by atoms with Gasteiger partial charge in [-0.2, -0.15) is 0 Å². The van der Waals surface area contributed by atoms with Gasteiger partial charge < -0.3 is 86.1 Å². The molecule has 0 amide bonds. The maximum Gasteiger partial charge on any atom is 1.00 e. The summed E-state index contributed by atoms with van der Waals surface area (Å²) < 4.78 is 111. The van der Waals surface area contributed by atoms with Gasteiger partial charge in [-0.1, -0.05) is 0 Å². The molecule has 0 spiro atoms. The normalized spacial score (nSPS) is 8.43. The molecular formula is F6O18P6Tl12. The largest absolute Gasteiger partial charge is 1.00 e. The van der Waals surface area contributed by atoms with Crippen LogP contribution in [-0.2, 0) is 27.4 Å². The molecule has 18 nitrogen and oxygen atoms in total. The van der Waals surface area contributed by atoms with Crippen LogP contribution in [0.1, 0.15) is 0 Å². The molecule has 0 aliphatic heterocycles. The molecule has 0 unspecified atom stereocenters. The van der Waals surface area contributed by atoms with Crippen molar-refractivity contribution in [3.05, 3.63) is 0 Å². The third kappa shape index (κ3) is 988. The van der Waals surface area contributed by atoms with Gasteiger partial charge in [0.05, 0.1) is 0 Å². The minimum Gasteiger partial charge on any atom is -0.786 e. The second-order valence-corrected chi connectivity index (χ2v) is 7.75. The monoisotopic (exact) mass is 3050 g/mol. The molecule has 0 heterocycles. The van der Waals surface area contributed by atoms with E-state index in [2.05, 4.69) is 0 Å². The third-order valence-corrected chi connectivity index (χ3v) is 0. The molecule has 0 aromatic carbocycles. The standard InChI is InChI=1S/6FH2O3P.12Tl/c6*1-5(2,3)4;;;;;;;;;;;;/h6*(H2,2,3,4);;;;;;;;;;;;/q;;;;;;12*+1/p-12. The smallest absolute Gasteiger partial charge is 0.786 e. The molecule has 0 bridgehead atoms. The first kappa shape index (κ1) is 117. The maximum atomic E-state index is 10.1. The summed E-state index contributed by atoms with van der Waals surface area (Å²) in [6, 6.07) is 0. The second-order valence-electron chi connectivity index (χ2n) is 2.58. The molecule has 42 heteroatoms. The first-order chi connectivity index (χ1) is 12.0. The average molecular weight is 3040 g/mol. The zero-order valence-corrected chi connectivity index (χ0v) is 78.5. The molecule has 0 aliphatic rings. The van der Waals surface area contributed by atoms with Crippen molar-refractivity contribution in [3.8, 4) is 0 Å². The Labute approximate surface area is 475 Å². The third-order valence-electron chi connectivity index (χ3n) is 0. The van der Waals surface area contributed by atoms with Gasteiger partial charge >= 0.3 is 328 Å². The molecule has 0 aromatic heterocycles. The maximum absolute atomic E-state index is 10.1. The molecular weight excluding hydrogens is 3040 g/mol. The summed E-state index contributed by atoms with van der Waals surface area (Å²) in [6.07, 6.45) is 0. The summed E-state index contributed by atoms with van der Waals surface area (Å²) in [5.41, 5.74) is 0. The molecule has 0 atom stereocenters. The van der Waals surface area contributed by atoms with E-state index in [0.717, 1.165) is 0 Å². The van der Waals surface area contributed by atoms with Crippen molar-refractivity contribution in [2.24, 2.45) is 0 Å². The van der Waals surface area contributed by atoms with E-state index in [9.17, 15) is 25.2 Å². The van der Waals surface area contributed by atoms with Gasteiger partial charge in [0.15, 0.2) is 0 Å². The van der Waals surface area contributed by atoms with Gasteiger partial charge in [-0.25, -0.2) is 25.2 Å². The molecule has 0 aliphatic carbocycles. The van der Waals surface area contributed by atoms with Gasteiger partial charge in [-0.3, -0.25) is 0 Å². The van der Waals surface area contributed by atoms with Gasteiger partial charge in [0.2, 0.25) is 0 Å². The van der Waals surface area contributed by atoms with Crippen LogP contribution in [0.15, 0.2) is 0 Å². The Morgan fingerprint density at radius 3 is 0.214 bits per heavy atom. The van der Waals surface area contributed by atoms with Crippen LogP contribution in [0.5, 0.6) is 0 Å². The van der Waals surface area contributed by atoms with Crippen molar-refractivity contribution in [3.63, 3.8) is 0 Å². The van der Waals surface area contributed by atoms with E-state index >= 15 is 0 Å². The Bertz CT molecular complexity index is 510. The van der Waals surface area contributed by atoms with Gasteiger partial charge in [0, 0.05) is 0 Å². The van der Waals surface area contributed by atoms with E-state index in [1.807, 2.05) is 0 Å². The zero-order valence-electron chi connectivity index (χ0n) is 19.2. The predicted molar refractivity (Wildman–Crippen MR) is 121 cm³/mol. The predicted octanol–water partition coefficient (Wildman–Crippen LogP) is -11.9. The van der Waals surface area contributed by atoms with Crippen LogP contribution < -0.4 is 58.7 Å². The first-order valence-electron chi connectivity index (χ1n) is 4.30. The fourth-order valence-corrected chi connectivity index (χ4v) is 0. The number of hydrogen-bond acceptors (Lipinski definition) is 18. The van der Waals surface area contributed by atoms with Gasteiger partial charge in [-0.15, -0.1) is 0 Å². The summed E-state index contributed by atoms with van der Waals surface area (Å²) in [4.78, 5) is 101. The van der Waals surface area contributed by atoms with E-state index in [-0.39, 0.29) is 328 Å². The van der Waals surface area contributed by atoms with Crippen molar-refractivity contribution in [2.45, 2.75) is 0 Å². The van der Waals surface area contributed by atoms with Crippen LogP contribution in [0.3, 0.4) is 0 Å². The van der Waals surface area contributed by atoms with Crippen LogP contribution in [0.4, 0.5) is 25.2 Å². The van der Waals surface area contributed by atoms with Crippen LogP contribution in [0, 0.1) is 0 Å². The molecule has 0 saturated heterocycles. The topological polar surface area (TPSA) is 379 Å². The van der Waals surface area contributed by atoms with Crippen molar-refractivity contribution in [1.29, 1.82) is 0 Å². The molecule has 0 rings (SSSR count). The fraction of sp³-hybridized carbons (Fsp3) is 0. The fourth-order valence-electron chi connectivity index (χ4n) is 0. The summed E-state index contributed by atoms with van der Waals surface area (Å²) in [7, 11) is -33.8. The SMILES string of the molecule is O=P([O-])([O-])F.O=P([O-])([O-])F.O=P([O-])([O-])F.O=P([O-])([O-])F.O=P([O-])([O-])F.O=P([O-])([O-])F.[Tl+].[Tl+].[Tl+].[Tl+].[Tl+].[Tl+].[Tl+].[Tl+].[Tl+].[Tl+].[Tl+].[Tl+]. The summed E-state index contributed by atoms with van der Waals surface area (Å²) >= 11 is 0. The quantitative estimate of drug-likeness (QED) is 0.123. The molecule has 0 N–H and O–H groups in total. The Morgan fingerprint density at radius 1 is 0.214 bits per heavy atom. The Hall–Kier alpha value is 11.5. The molecule has 216 valence electrons. The van der Waals surface area contributed by atoms with Crippen molar-refractivity contribution >= 4 is 375 Å². The van der Waals surface area contributed by atoms with E-state index in [1.165, 1.54) is 0 Å². The molecule has 0 fully saturated rings. The average Bonchev–Trinajstić information content (AvgIpc) is 1.94. The number of rotatable bonds is 0. The van der Waals surface area contributed by atoms with Crippen molar-refractivity contribution in [2.75, 3.05) is 0 Å². The molecule has 0 radical (unpaired) electrons. The number of halogens is 6. The molecule has 0 aromatic rings.